The third-order valence-electron chi connectivity index (χ3n) is 2.05. The quantitative estimate of drug-likeness (QED) is 0.700. The molecule has 4 heteroatoms. The van der Waals surface area contributed by atoms with E-state index in [1.165, 1.54) is 0 Å². The number of rotatable bonds is 6. The molecule has 1 aromatic rings. The van der Waals surface area contributed by atoms with Gasteiger partial charge < -0.3 is 15.0 Å². The number of nitrogens with zero attached hydrogens (tertiary/aromatic N) is 2. The highest BCUT2D eigenvalue weighted by Crippen LogP contribution is 2.09. The molecule has 2 N–H and O–H groups in total. The Hall–Kier alpha value is -0.870. The van der Waals surface area contributed by atoms with Crippen LogP contribution in [-0.2, 0) is 11.3 Å². The lowest BCUT2D eigenvalue weighted by atomic mass is 10.3. The predicted molar refractivity (Wildman–Crippen MR) is 55.9 cm³/mol. The zero-order valence-corrected chi connectivity index (χ0v) is 8.94. The van der Waals surface area contributed by atoms with Crippen molar-refractivity contribution in [2.45, 2.75) is 32.9 Å². The molecule has 0 aromatic carbocycles. The molecule has 0 atom stereocenters. The summed E-state index contributed by atoms with van der Waals surface area (Å²) in [6, 6.07) is 0.436. The third kappa shape index (κ3) is 3.12. The summed E-state index contributed by atoms with van der Waals surface area (Å²) in [5.74, 6) is 0. The standard InChI is InChI=1S/C10H19N3O/c1-9(2)13-8-12-6-10(13)7-14-5-3-4-11/h6,8-9H,3-5,7,11H2,1-2H3. The van der Waals surface area contributed by atoms with Crippen LogP contribution >= 0.6 is 0 Å². The van der Waals surface area contributed by atoms with Gasteiger partial charge in [0.05, 0.1) is 24.8 Å². The summed E-state index contributed by atoms with van der Waals surface area (Å²) in [4.78, 5) is 4.10. The number of aromatic nitrogens is 2. The summed E-state index contributed by atoms with van der Waals surface area (Å²) >= 11 is 0. The van der Waals surface area contributed by atoms with E-state index in [1.54, 1.807) is 0 Å². The minimum atomic E-state index is 0.436. The zero-order chi connectivity index (χ0) is 10.4. The first kappa shape index (κ1) is 11.2. The van der Waals surface area contributed by atoms with Gasteiger partial charge in [0.1, 0.15) is 0 Å². The van der Waals surface area contributed by atoms with Gasteiger partial charge in [0.15, 0.2) is 0 Å². The van der Waals surface area contributed by atoms with E-state index in [1.807, 2.05) is 12.5 Å². The number of nitrogens with two attached hydrogens (primary N) is 1. The maximum Gasteiger partial charge on any atom is 0.0951 e. The van der Waals surface area contributed by atoms with Crippen LogP contribution < -0.4 is 5.73 Å². The van der Waals surface area contributed by atoms with Crippen molar-refractivity contribution in [1.82, 2.24) is 9.55 Å². The SMILES string of the molecule is CC(C)n1cncc1COCCCN. The fraction of sp³-hybridized carbons (Fsp3) is 0.700. The zero-order valence-electron chi connectivity index (χ0n) is 8.94. The molecule has 0 saturated carbocycles. The van der Waals surface area contributed by atoms with E-state index in [-0.39, 0.29) is 0 Å². The van der Waals surface area contributed by atoms with Crippen molar-refractivity contribution < 1.29 is 4.74 Å². The lowest BCUT2D eigenvalue weighted by molar-refractivity contribution is 0.114. The number of hydrogen-bond donors (Lipinski definition) is 1. The van der Waals surface area contributed by atoms with Gasteiger partial charge in [-0.3, -0.25) is 0 Å². The van der Waals surface area contributed by atoms with Crippen LogP contribution in [-0.4, -0.2) is 22.7 Å². The van der Waals surface area contributed by atoms with Crippen molar-refractivity contribution in [3.8, 4) is 0 Å². The van der Waals surface area contributed by atoms with Crippen molar-refractivity contribution in [2.75, 3.05) is 13.2 Å². The summed E-state index contributed by atoms with van der Waals surface area (Å²) in [5.41, 5.74) is 6.49. The summed E-state index contributed by atoms with van der Waals surface area (Å²) in [6.07, 6.45) is 4.60. The smallest absolute Gasteiger partial charge is 0.0951 e. The Morgan fingerprint density at radius 3 is 3.00 bits per heavy atom. The minimum absolute atomic E-state index is 0.436. The molecule has 0 unspecified atom stereocenters. The van der Waals surface area contributed by atoms with E-state index in [0.717, 1.165) is 18.7 Å². The van der Waals surface area contributed by atoms with Gasteiger partial charge in [0, 0.05) is 12.6 Å². The third-order valence-corrected chi connectivity index (χ3v) is 2.05. The van der Waals surface area contributed by atoms with Crippen LogP contribution in [0.4, 0.5) is 0 Å². The van der Waals surface area contributed by atoms with Crippen LogP contribution in [0.3, 0.4) is 0 Å². The van der Waals surface area contributed by atoms with Crippen molar-refractivity contribution in [3.05, 3.63) is 18.2 Å². The molecule has 0 amide bonds. The molecule has 0 bridgehead atoms. The van der Waals surface area contributed by atoms with Crippen LogP contribution in [0.25, 0.3) is 0 Å². The van der Waals surface area contributed by atoms with Crippen molar-refractivity contribution in [1.29, 1.82) is 0 Å². The van der Waals surface area contributed by atoms with Gasteiger partial charge in [-0.25, -0.2) is 4.98 Å². The van der Waals surface area contributed by atoms with Gasteiger partial charge >= 0.3 is 0 Å². The first-order valence-electron chi connectivity index (χ1n) is 5.04. The molecular weight excluding hydrogens is 178 g/mol. The highest BCUT2D eigenvalue weighted by molar-refractivity contribution is 4.97. The van der Waals surface area contributed by atoms with Gasteiger partial charge in [-0.15, -0.1) is 0 Å². The topological polar surface area (TPSA) is 53.1 Å². The Morgan fingerprint density at radius 1 is 1.57 bits per heavy atom. The Morgan fingerprint density at radius 2 is 2.36 bits per heavy atom. The van der Waals surface area contributed by atoms with Crippen LogP contribution in [0, 0.1) is 0 Å². The molecule has 4 nitrogen and oxygen atoms in total. The lowest BCUT2D eigenvalue weighted by Crippen LogP contribution is -2.08. The van der Waals surface area contributed by atoms with Gasteiger partial charge in [0.2, 0.25) is 0 Å². The summed E-state index contributed by atoms with van der Waals surface area (Å²) < 4.78 is 7.58. The maximum atomic E-state index is 5.47. The van der Waals surface area contributed by atoms with Crippen LogP contribution in [0.1, 0.15) is 32.0 Å². The van der Waals surface area contributed by atoms with Gasteiger partial charge in [-0.1, -0.05) is 0 Å². The molecule has 1 aromatic heterocycles. The Kier molecular flexibility index (Phi) is 4.62. The number of imidazole rings is 1. The molecule has 0 spiro atoms. The second kappa shape index (κ2) is 5.78. The Bertz CT molecular complexity index is 258. The van der Waals surface area contributed by atoms with E-state index >= 15 is 0 Å². The molecule has 0 saturated heterocycles. The largest absolute Gasteiger partial charge is 0.375 e. The Labute approximate surface area is 85.1 Å². The molecule has 0 aliphatic heterocycles. The van der Waals surface area contributed by atoms with E-state index in [0.29, 0.717) is 19.2 Å². The molecule has 0 fully saturated rings. The van der Waals surface area contributed by atoms with Crippen molar-refractivity contribution >= 4 is 0 Å². The Balaban J connectivity index is 2.38. The van der Waals surface area contributed by atoms with Crippen molar-refractivity contribution in [3.63, 3.8) is 0 Å². The monoisotopic (exact) mass is 197 g/mol. The van der Waals surface area contributed by atoms with E-state index in [9.17, 15) is 0 Å². The van der Waals surface area contributed by atoms with E-state index in [4.69, 9.17) is 10.5 Å². The molecule has 1 rings (SSSR count). The number of ether oxygens (including phenoxy) is 1. The molecule has 80 valence electrons. The van der Waals surface area contributed by atoms with Gasteiger partial charge in [0.25, 0.3) is 0 Å². The summed E-state index contributed by atoms with van der Waals surface area (Å²) in [5, 5.41) is 0. The average molecular weight is 197 g/mol. The molecule has 14 heavy (non-hydrogen) atoms. The molecule has 0 aliphatic carbocycles. The first-order valence-corrected chi connectivity index (χ1v) is 5.04. The highest BCUT2D eigenvalue weighted by atomic mass is 16.5. The fourth-order valence-electron chi connectivity index (χ4n) is 1.27. The summed E-state index contributed by atoms with van der Waals surface area (Å²) in [7, 11) is 0. The lowest BCUT2D eigenvalue weighted by Gasteiger charge is -2.11. The molecular formula is C10H19N3O. The van der Waals surface area contributed by atoms with Crippen LogP contribution in [0.2, 0.25) is 0 Å². The van der Waals surface area contributed by atoms with Gasteiger partial charge in [-0.2, -0.15) is 0 Å². The highest BCUT2D eigenvalue weighted by Gasteiger charge is 2.04. The fourth-order valence-corrected chi connectivity index (χ4v) is 1.27. The molecule has 1 heterocycles. The minimum Gasteiger partial charge on any atom is -0.375 e. The molecule has 0 aliphatic rings. The number of hydrogen-bond acceptors (Lipinski definition) is 3. The average Bonchev–Trinajstić information content (AvgIpc) is 2.60. The first-order chi connectivity index (χ1) is 6.75. The van der Waals surface area contributed by atoms with Crippen LogP contribution in [0.15, 0.2) is 12.5 Å². The van der Waals surface area contributed by atoms with E-state index in [2.05, 4.69) is 23.4 Å². The normalized spacial score (nSPS) is 11.1. The summed E-state index contributed by atoms with van der Waals surface area (Å²) in [6.45, 7) is 6.29. The maximum absolute atomic E-state index is 5.47. The second-order valence-corrected chi connectivity index (χ2v) is 3.58. The van der Waals surface area contributed by atoms with Gasteiger partial charge in [-0.05, 0) is 26.8 Å². The predicted octanol–water partition coefficient (Wildman–Crippen LogP) is 1.33. The van der Waals surface area contributed by atoms with Crippen LogP contribution in [0.5, 0.6) is 0 Å². The molecule has 0 radical (unpaired) electrons. The van der Waals surface area contributed by atoms with E-state index < -0.39 is 0 Å². The second-order valence-electron chi connectivity index (χ2n) is 3.58. The van der Waals surface area contributed by atoms with Crippen molar-refractivity contribution in [2.24, 2.45) is 5.73 Å².